The molecule has 7 nitrogen and oxygen atoms in total. The van der Waals surface area contributed by atoms with E-state index in [0.29, 0.717) is 51.4 Å². The van der Waals surface area contributed by atoms with Crippen LogP contribution >= 0.6 is 0 Å². The molecule has 1 aromatic carbocycles. The number of hydrogen-bond acceptors (Lipinski definition) is 6. The monoisotopic (exact) mass is 671 g/mol. The van der Waals surface area contributed by atoms with E-state index in [1.165, 1.54) is 6.07 Å². The quantitative estimate of drug-likeness (QED) is 0.158. The third kappa shape index (κ3) is 7.05. The van der Waals surface area contributed by atoms with Gasteiger partial charge in [-0.25, -0.2) is 4.90 Å². The lowest BCUT2D eigenvalue weighted by atomic mass is 9.79. The largest absolute Gasteiger partial charge is 0.453 e. The smallest absolute Gasteiger partial charge is 0.365 e. The van der Waals surface area contributed by atoms with Crippen molar-refractivity contribution in [2.75, 3.05) is 36.0 Å². The van der Waals surface area contributed by atoms with Crippen LogP contribution in [0.3, 0.4) is 0 Å². The first-order valence-electron chi connectivity index (χ1n) is 14.5. The molecule has 45 heavy (non-hydrogen) atoms. The van der Waals surface area contributed by atoms with Crippen LogP contribution in [0.5, 0.6) is 0 Å². The number of likely N-dealkylation sites (tertiary alicyclic amines) is 1. The number of ether oxygens (including phenoxy) is 1. The molecule has 250 valence electrons. The first-order chi connectivity index (χ1) is 20.7. The number of benzene rings is 1. The Labute approximate surface area is 257 Å². The maximum Gasteiger partial charge on any atom is 0.453 e. The Hall–Kier alpha value is -2.64. The number of imide groups is 1. The van der Waals surface area contributed by atoms with E-state index in [4.69, 9.17) is 10.00 Å². The van der Waals surface area contributed by atoms with Gasteiger partial charge in [-0.3, -0.25) is 18.7 Å². The number of morpholine rings is 1. The molecule has 16 heteroatoms. The molecule has 0 aromatic heterocycles. The summed E-state index contributed by atoms with van der Waals surface area (Å²) in [5, 5.41) is 9.09. The molecule has 3 fully saturated rings. The van der Waals surface area contributed by atoms with Gasteiger partial charge in [-0.05, 0) is 57.9 Å². The summed E-state index contributed by atoms with van der Waals surface area (Å²) in [5.41, 5.74) is -4.29. The van der Waals surface area contributed by atoms with E-state index < -0.39 is 87.9 Å². The van der Waals surface area contributed by atoms with Gasteiger partial charge in [0.05, 0.1) is 45.9 Å². The number of fused-ring (bicyclic) bond motifs is 5. The van der Waals surface area contributed by atoms with Gasteiger partial charge in [0.15, 0.2) is 0 Å². The molecule has 0 saturated carbocycles. The van der Waals surface area contributed by atoms with Gasteiger partial charge in [-0.15, -0.1) is 0 Å². The lowest BCUT2D eigenvalue weighted by Crippen LogP contribution is -2.58. The molecule has 0 radical (unpaired) electrons. The van der Waals surface area contributed by atoms with E-state index in [0.717, 1.165) is 17.0 Å². The van der Waals surface area contributed by atoms with Crippen molar-refractivity contribution in [3.8, 4) is 6.07 Å². The van der Waals surface area contributed by atoms with Gasteiger partial charge in [0.25, 0.3) is 0 Å². The lowest BCUT2D eigenvalue weighted by Gasteiger charge is -2.45. The summed E-state index contributed by atoms with van der Waals surface area (Å²) in [7, 11) is -1.50. The molecule has 3 saturated heterocycles. The number of carbonyl (C=O) groups excluding carboxylic acids is 2. The van der Waals surface area contributed by atoms with Crippen LogP contribution in [0.25, 0.3) is 0 Å². The number of amides is 2. The maximum absolute atomic E-state index is 13.6. The van der Waals surface area contributed by atoms with Gasteiger partial charge in [0, 0.05) is 41.8 Å². The molecule has 0 N–H and O–H groups in total. The van der Waals surface area contributed by atoms with Crippen molar-refractivity contribution in [3.05, 3.63) is 29.3 Å². The second-order valence-electron chi connectivity index (χ2n) is 12.3. The van der Waals surface area contributed by atoms with Gasteiger partial charge in [-0.1, -0.05) is 12.8 Å². The average Bonchev–Trinajstić information content (AvgIpc) is 3.29. The van der Waals surface area contributed by atoms with Crippen LogP contribution in [-0.2, 0) is 31.3 Å². The predicted molar refractivity (Wildman–Crippen MR) is 147 cm³/mol. The number of carbonyl (C=O) groups is 2. The Kier molecular flexibility index (Phi) is 9.80. The number of nitriles is 1. The van der Waals surface area contributed by atoms with Crippen molar-refractivity contribution >= 4 is 28.3 Å². The topological polar surface area (TPSA) is 90.7 Å². The molecule has 2 unspecified atom stereocenters. The highest BCUT2D eigenvalue weighted by Gasteiger charge is 2.71. The highest BCUT2D eigenvalue weighted by atomic mass is 32.2. The highest BCUT2D eigenvalue weighted by Crippen LogP contribution is 2.55. The Morgan fingerprint density at radius 2 is 1.47 bits per heavy atom. The number of halogens is 8. The Balaban J connectivity index is 1.29. The van der Waals surface area contributed by atoms with Crippen LogP contribution in [0.4, 0.5) is 40.8 Å². The maximum atomic E-state index is 13.6. The normalized spacial score (nSPS) is 28.0. The molecule has 4 rings (SSSR count). The summed E-state index contributed by atoms with van der Waals surface area (Å²) in [5.74, 6) is -8.00. The second-order valence-corrected chi connectivity index (χ2v) is 14.0. The molecular formula is C29H33F8N3O4S. The number of hydrogen-bond donors (Lipinski definition) is 0. The second kappa shape index (κ2) is 12.5. The first-order valence-corrected chi connectivity index (χ1v) is 15.9. The highest BCUT2D eigenvalue weighted by molar-refractivity contribution is 7.84. The van der Waals surface area contributed by atoms with Crippen molar-refractivity contribution in [1.29, 1.82) is 5.26 Å². The van der Waals surface area contributed by atoms with E-state index in [2.05, 4.69) is 4.90 Å². The first kappa shape index (κ1) is 35.2. The van der Waals surface area contributed by atoms with Gasteiger partial charge < -0.3 is 4.74 Å². The summed E-state index contributed by atoms with van der Waals surface area (Å²) >= 11 is 0. The molecule has 2 bridgehead atoms. The van der Waals surface area contributed by atoms with Crippen molar-refractivity contribution in [2.24, 2.45) is 11.8 Å². The summed E-state index contributed by atoms with van der Waals surface area (Å²) in [4.78, 5) is 30.0. The van der Waals surface area contributed by atoms with Gasteiger partial charge in [0.2, 0.25) is 11.8 Å². The summed E-state index contributed by atoms with van der Waals surface area (Å²) < 4.78 is 122. The summed E-state index contributed by atoms with van der Waals surface area (Å²) in [6, 6.07) is 4.21. The minimum Gasteiger partial charge on any atom is -0.365 e. The van der Waals surface area contributed by atoms with E-state index in [-0.39, 0.29) is 17.2 Å². The molecule has 1 aromatic rings. The fourth-order valence-electron chi connectivity index (χ4n) is 6.83. The van der Waals surface area contributed by atoms with Crippen LogP contribution in [0.1, 0.15) is 63.5 Å². The van der Waals surface area contributed by atoms with Crippen molar-refractivity contribution < 1.29 is 53.7 Å². The third-order valence-corrected chi connectivity index (χ3v) is 10.2. The number of anilines is 1. The van der Waals surface area contributed by atoms with Crippen molar-refractivity contribution in [2.45, 2.75) is 81.8 Å². The van der Waals surface area contributed by atoms with Crippen molar-refractivity contribution in [1.82, 2.24) is 4.90 Å². The van der Waals surface area contributed by atoms with Crippen LogP contribution in [-0.4, -0.2) is 75.4 Å². The van der Waals surface area contributed by atoms with Crippen LogP contribution in [0.2, 0.25) is 0 Å². The number of unbranched alkanes of at least 4 members (excludes halogenated alkanes) is 3. The fourth-order valence-corrected chi connectivity index (χ4v) is 8.03. The molecule has 3 heterocycles. The van der Waals surface area contributed by atoms with Crippen molar-refractivity contribution in [3.63, 3.8) is 0 Å². The zero-order valence-corrected chi connectivity index (χ0v) is 25.4. The molecule has 3 aliphatic heterocycles. The Bertz CT molecular complexity index is 1340. The van der Waals surface area contributed by atoms with Crippen LogP contribution in [0.15, 0.2) is 18.2 Å². The van der Waals surface area contributed by atoms with Crippen LogP contribution in [0, 0.1) is 23.2 Å². The SMILES string of the molecule is C[C@]12CN(CCCCCCS(=O)CCCC(F)(F)C(F)(F)F)C[C@](C)(O1)C1C(=O)N(c3ccc(C#N)c(C(F)(F)F)c3)C(=O)[C@H]12. The number of nitrogens with zero attached hydrogens (tertiary/aromatic N) is 3. The standard InChI is InChI=1S/C29H33F8N3O4S/c1-25-16-39(11-5-3-4-6-12-45(43)13-7-10-27(30,31)29(35,36)37)17-26(2,44-25)22-21(25)23(41)40(24(22)42)19-9-8-18(15-38)20(14-19)28(32,33)34/h8-9,14,21-22H,3-7,10-13,16-17H2,1-2H3/t21-,22?,25+,26-,45?/m0/s1. The van der Waals surface area contributed by atoms with Gasteiger partial charge in [0.1, 0.15) is 0 Å². The minimum atomic E-state index is -5.62. The molecule has 0 aliphatic carbocycles. The molecular weight excluding hydrogens is 638 g/mol. The molecule has 3 aliphatic rings. The predicted octanol–water partition coefficient (Wildman–Crippen LogP) is 5.83. The Morgan fingerprint density at radius 1 is 0.911 bits per heavy atom. The Morgan fingerprint density at radius 3 is 2.00 bits per heavy atom. The average molecular weight is 672 g/mol. The fraction of sp³-hybridized carbons (Fsp3) is 0.690. The van der Waals surface area contributed by atoms with Gasteiger partial charge in [-0.2, -0.15) is 40.4 Å². The zero-order valence-electron chi connectivity index (χ0n) is 24.6. The van der Waals surface area contributed by atoms with Crippen LogP contribution < -0.4 is 4.90 Å². The van der Waals surface area contributed by atoms with E-state index >= 15 is 0 Å². The molecule has 0 spiro atoms. The number of alkyl halides is 8. The molecule has 5 atom stereocenters. The summed E-state index contributed by atoms with van der Waals surface area (Å²) in [6.07, 6.45) is -9.80. The summed E-state index contributed by atoms with van der Waals surface area (Å²) in [6.45, 7) is 4.59. The van der Waals surface area contributed by atoms with Gasteiger partial charge >= 0.3 is 18.3 Å². The number of rotatable bonds is 12. The van der Waals surface area contributed by atoms with E-state index in [1.54, 1.807) is 13.8 Å². The lowest BCUT2D eigenvalue weighted by molar-refractivity contribution is -0.284. The van der Waals surface area contributed by atoms with E-state index in [9.17, 15) is 48.9 Å². The minimum absolute atomic E-state index is 0.194. The third-order valence-electron chi connectivity index (χ3n) is 8.72. The zero-order chi connectivity index (χ0) is 33.6. The molecule has 2 amide bonds. The van der Waals surface area contributed by atoms with E-state index in [1.807, 2.05) is 0 Å².